The molecular formula is C11H19N5O. The van der Waals surface area contributed by atoms with Gasteiger partial charge in [0.15, 0.2) is 5.82 Å². The van der Waals surface area contributed by atoms with Gasteiger partial charge in [-0.15, -0.1) is 0 Å². The van der Waals surface area contributed by atoms with Gasteiger partial charge in [0.25, 0.3) is 5.56 Å². The summed E-state index contributed by atoms with van der Waals surface area (Å²) in [5.74, 6) is 1.02. The van der Waals surface area contributed by atoms with Crippen molar-refractivity contribution in [3.63, 3.8) is 0 Å². The van der Waals surface area contributed by atoms with Crippen LogP contribution in [0.15, 0.2) is 11.1 Å². The fourth-order valence-corrected chi connectivity index (χ4v) is 2.28. The molecule has 0 radical (unpaired) electrons. The highest BCUT2D eigenvalue weighted by atomic mass is 16.1. The number of aromatic nitrogens is 2. The molecule has 2 atom stereocenters. The van der Waals surface area contributed by atoms with Crippen LogP contribution in [0.1, 0.15) is 19.8 Å². The van der Waals surface area contributed by atoms with E-state index < -0.39 is 0 Å². The first-order chi connectivity index (χ1) is 8.09. The van der Waals surface area contributed by atoms with Crippen LogP contribution in [0.25, 0.3) is 0 Å². The summed E-state index contributed by atoms with van der Waals surface area (Å²) in [6.45, 7) is 3.71. The van der Waals surface area contributed by atoms with E-state index in [0.717, 1.165) is 25.9 Å². The molecular weight excluding hydrogens is 218 g/mol. The lowest BCUT2D eigenvalue weighted by Gasteiger charge is -2.35. The van der Waals surface area contributed by atoms with E-state index in [-0.39, 0.29) is 17.3 Å². The maximum absolute atomic E-state index is 11.4. The Hall–Kier alpha value is -1.56. The Bertz CT molecular complexity index is 442. The molecule has 1 saturated heterocycles. The smallest absolute Gasteiger partial charge is 0.276 e. The topological polar surface area (TPSA) is 101 Å². The second-order valence-electron chi connectivity index (χ2n) is 4.68. The quantitative estimate of drug-likeness (QED) is 0.667. The van der Waals surface area contributed by atoms with Gasteiger partial charge in [-0.3, -0.25) is 4.79 Å². The van der Waals surface area contributed by atoms with Crippen LogP contribution in [0.3, 0.4) is 0 Å². The van der Waals surface area contributed by atoms with Gasteiger partial charge in [-0.25, -0.2) is 4.98 Å². The minimum atomic E-state index is -0.280. The van der Waals surface area contributed by atoms with Crippen LogP contribution in [-0.2, 0) is 0 Å². The first-order valence-corrected chi connectivity index (χ1v) is 5.93. The first kappa shape index (κ1) is 11.9. The van der Waals surface area contributed by atoms with Gasteiger partial charge in [-0.2, -0.15) is 0 Å². The third-order valence-electron chi connectivity index (χ3n) is 3.37. The predicted octanol–water partition coefficient (Wildman–Crippen LogP) is -0.0843. The van der Waals surface area contributed by atoms with E-state index in [1.54, 1.807) is 0 Å². The summed E-state index contributed by atoms with van der Waals surface area (Å²) in [6, 6.07) is 0.154. The van der Waals surface area contributed by atoms with E-state index in [4.69, 9.17) is 11.5 Å². The maximum Gasteiger partial charge on any atom is 0.276 e. The summed E-state index contributed by atoms with van der Waals surface area (Å²) in [5, 5.41) is 0. The zero-order valence-electron chi connectivity index (χ0n) is 10.0. The highest BCUT2D eigenvalue weighted by molar-refractivity contribution is 5.61. The van der Waals surface area contributed by atoms with Crippen LogP contribution < -0.4 is 21.9 Å². The number of nitrogens with two attached hydrogens (primary N) is 2. The molecule has 1 aliphatic heterocycles. The zero-order chi connectivity index (χ0) is 12.4. The van der Waals surface area contributed by atoms with E-state index in [1.165, 1.54) is 6.33 Å². The van der Waals surface area contributed by atoms with E-state index in [0.29, 0.717) is 11.7 Å². The van der Waals surface area contributed by atoms with Gasteiger partial charge in [0, 0.05) is 19.1 Å². The normalized spacial score (nSPS) is 22.5. The van der Waals surface area contributed by atoms with Gasteiger partial charge < -0.3 is 21.4 Å². The number of anilines is 2. The number of hydrogen-bond acceptors (Lipinski definition) is 5. The van der Waals surface area contributed by atoms with E-state index in [9.17, 15) is 4.79 Å². The summed E-state index contributed by atoms with van der Waals surface area (Å²) in [4.78, 5) is 20.1. The Labute approximate surface area is 100 Å². The third kappa shape index (κ3) is 2.41. The van der Waals surface area contributed by atoms with E-state index >= 15 is 0 Å². The van der Waals surface area contributed by atoms with Gasteiger partial charge >= 0.3 is 0 Å². The lowest BCUT2D eigenvalue weighted by Crippen LogP contribution is -2.43. The molecule has 17 heavy (non-hydrogen) atoms. The van der Waals surface area contributed by atoms with Gasteiger partial charge in [0.05, 0.1) is 6.33 Å². The minimum absolute atomic E-state index is 0.154. The molecule has 2 heterocycles. The average molecular weight is 237 g/mol. The van der Waals surface area contributed by atoms with Crippen LogP contribution in [0.5, 0.6) is 0 Å². The van der Waals surface area contributed by atoms with Gasteiger partial charge in [0.1, 0.15) is 5.69 Å². The van der Waals surface area contributed by atoms with Crippen molar-refractivity contribution in [3.8, 4) is 0 Å². The lowest BCUT2D eigenvalue weighted by molar-refractivity contribution is 0.363. The van der Waals surface area contributed by atoms with Crippen LogP contribution in [0.4, 0.5) is 11.5 Å². The SMILES string of the molecule is CC(N)C1CCCN(c2nc[nH]c(=O)c2N)C1. The van der Waals surface area contributed by atoms with Crippen molar-refractivity contribution in [3.05, 3.63) is 16.7 Å². The molecule has 0 bridgehead atoms. The molecule has 94 valence electrons. The molecule has 0 spiro atoms. The Morgan fingerprint density at radius 1 is 1.65 bits per heavy atom. The van der Waals surface area contributed by atoms with Crippen molar-refractivity contribution in [2.75, 3.05) is 23.7 Å². The van der Waals surface area contributed by atoms with Crippen molar-refractivity contribution < 1.29 is 0 Å². The Morgan fingerprint density at radius 2 is 2.41 bits per heavy atom. The molecule has 1 aromatic rings. The molecule has 6 nitrogen and oxygen atoms in total. The monoisotopic (exact) mass is 237 g/mol. The lowest BCUT2D eigenvalue weighted by atomic mass is 9.92. The fourth-order valence-electron chi connectivity index (χ4n) is 2.28. The minimum Gasteiger partial charge on any atom is -0.391 e. The number of nitrogens with one attached hydrogen (secondary N) is 1. The Kier molecular flexibility index (Phi) is 3.33. The maximum atomic E-state index is 11.4. The predicted molar refractivity (Wildman–Crippen MR) is 67.9 cm³/mol. The largest absolute Gasteiger partial charge is 0.391 e. The van der Waals surface area contributed by atoms with Crippen molar-refractivity contribution in [1.29, 1.82) is 0 Å². The number of nitrogens with zero attached hydrogens (tertiary/aromatic N) is 2. The Balaban J connectivity index is 2.22. The van der Waals surface area contributed by atoms with Crippen LogP contribution in [0, 0.1) is 5.92 Å². The molecule has 1 aliphatic rings. The highest BCUT2D eigenvalue weighted by Gasteiger charge is 2.25. The second kappa shape index (κ2) is 4.75. The molecule has 2 rings (SSSR count). The molecule has 0 aliphatic carbocycles. The van der Waals surface area contributed by atoms with Crippen molar-refractivity contribution in [2.24, 2.45) is 11.7 Å². The fraction of sp³-hybridized carbons (Fsp3) is 0.636. The van der Waals surface area contributed by atoms with Gasteiger partial charge in [-0.1, -0.05) is 0 Å². The van der Waals surface area contributed by atoms with Crippen LogP contribution >= 0.6 is 0 Å². The van der Waals surface area contributed by atoms with E-state index in [2.05, 4.69) is 14.9 Å². The first-order valence-electron chi connectivity index (χ1n) is 5.93. The molecule has 1 aromatic heterocycles. The standard InChI is InChI=1S/C11H19N5O/c1-7(12)8-3-2-4-16(5-8)10-9(13)11(17)15-6-14-10/h6-8H,2-5,12-13H2,1H3,(H,14,15,17). The molecule has 0 amide bonds. The van der Waals surface area contributed by atoms with Gasteiger partial charge in [-0.05, 0) is 25.7 Å². The number of nitrogen functional groups attached to an aromatic ring is 1. The number of rotatable bonds is 2. The average Bonchev–Trinajstić information content (AvgIpc) is 2.33. The number of hydrogen-bond donors (Lipinski definition) is 3. The number of piperidine rings is 1. The Morgan fingerprint density at radius 3 is 3.12 bits per heavy atom. The molecule has 2 unspecified atom stereocenters. The highest BCUT2D eigenvalue weighted by Crippen LogP contribution is 2.24. The third-order valence-corrected chi connectivity index (χ3v) is 3.37. The van der Waals surface area contributed by atoms with Crippen molar-refractivity contribution in [2.45, 2.75) is 25.8 Å². The summed E-state index contributed by atoms with van der Waals surface area (Å²) in [7, 11) is 0. The molecule has 1 fully saturated rings. The van der Waals surface area contributed by atoms with Crippen molar-refractivity contribution in [1.82, 2.24) is 9.97 Å². The second-order valence-corrected chi connectivity index (χ2v) is 4.68. The number of H-pyrrole nitrogens is 1. The van der Waals surface area contributed by atoms with Crippen LogP contribution in [0.2, 0.25) is 0 Å². The molecule has 0 saturated carbocycles. The van der Waals surface area contributed by atoms with Gasteiger partial charge in [0.2, 0.25) is 0 Å². The number of aromatic amines is 1. The summed E-state index contributed by atoms with van der Waals surface area (Å²) < 4.78 is 0. The summed E-state index contributed by atoms with van der Waals surface area (Å²) in [6.07, 6.45) is 3.57. The molecule has 5 N–H and O–H groups in total. The van der Waals surface area contributed by atoms with Crippen LogP contribution in [-0.4, -0.2) is 29.1 Å². The zero-order valence-corrected chi connectivity index (χ0v) is 10.0. The molecule has 6 heteroatoms. The summed E-state index contributed by atoms with van der Waals surface area (Å²) in [5.41, 5.74) is 11.6. The summed E-state index contributed by atoms with van der Waals surface area (Å²) >= 11 is 0. The van der Waals surface area contributed by atoms with Crippen molar-refractivity contribution >= 4 is 11.5 Å². The molecule has 0 aromatic carbocycles. The van der Waals surface area contributed by atoms with E-state index in [1.807, 2.05) is 6.92 Å².